The van der Waals surface area contributed by atoms with Gasteiger partial charge in [-0.3, -0.25) is 4.99 Å². The van der Waals surface area contributed by atoms with Gasteiger partial charge in [0.2, 0.25) is 0 Å². The van der Waals surface area contributed by atoms with Crippen LogP contribution in [0.1, 0.15) is 61.1 Å². The zero-order valence-electron chi connectivity index (χ0n) is 18.7. The number of amides is 1. The smallest absolute Gasteiger partial charge is 0.408 e. The molecule has 0 unspecified atom stereocenters. The number of ether oxygens (including phenoxy) is 1. The number of nitrogens with zero attached hydrogens (tertiary/aromatic N) is 2. The molecule has 1 atom stereocenters. The molecule has 2 aromatic rings. The maximum Gasteiger partial charge on any atom is 0.408 e. The molecule has 0 aromatic heterocycles. The van der Waals surface area contributed by atoms with Crippen molar-refractivity contribution in [2.45, 2.75) is 45.3 Å². The van der Waals surface area contributed by atoms with Gasteiger partial charge in [-0.2, -0.15) is 5.26 Å². The standard InChI is InChI=1S/C25H26FN3O2S/c1-15(32-23(28-5)16-9-11-21(26)17(13-16)14-27)18-7-6-8-20-19(18)10-12-22(20)29-24(30)31-25(2,3)4/h6-9,11,13,22H,1,10,12H2,2-5H3,(H,29,30)/b28-23-/t22-/m0/s1. The van der Waals surface area contributed by atoms with Crippen LogP contribution in [-0.4, -0.2) is 23.8 Å². The number of hydrogen-bond donors (Lipinski definition) is 1. The van der Waals surface area contributed by atoms with Crippen LogP contribution in [0, 0.1) is 17.1 Å². The number of fused-ring (bicyclic) bond motifs is 1. The molecule has 1 aliphatic carbocycles. The molecule has 1 N–H and O–H groups in total. The fourth-order valence-electron chi connectivity index (χ4n) is 3.66. The number of halogens is 1. The highest BCUT2D eigenvalue weighted by Crippen LogP contribution is 2.39. The van der Waals surface area contributed by atoms with Crippen molar-refractivity contribution >= 4 is 27.8 Å². The predicted molar refractivity (Wildman–Crippen MR) is 127 cm³/mol. The van der Waals surface area contributed by atoms with Crippen LogP contribution in [0.3, 0.4) is 0 Å². The zero-order chi connectivity index (χ0) is 23.5. The van der Waals surface area contributed by atoms with Crippen molar-refractivity contribution in [3.05, 3.63) is 76.6 Å². The summed E-state index contributed by atoms with van der Waals surface area (Å²) in [5, 5.41) is 12.7. The molecular weight excluding hydrogens is 425 g/mol. The number of aliphatic imine (C=N–C) groups is 1. The van der Waals surface area contributed by atoms with Gasteiger partial charge in [-0.1, -0.05) is 36.5 Å². The summed E-state index contributed by atoms with van der Waals surface area (Å²) in [5.41, 5.74) is 3.27. The van der Waals surface area contributed by atoms with Gasteiger partial charge in [-0.15, -0.1) is 0 Å². The normalized spacial score (nSPS) is 15.6. The summed E-state index contributed by atoms with van der Waals surface area (Å²) in [5.74, 6) is -0.556. The van der Waals surface area contributed by atoms with E-state index < -0.39 is 17.5 Å². The van der Waals surface area contributed by atoms with Crippen LogP contribution in [0.25, 0.3) is 4.91 Å². The molecule has 32 heavy (non-hydrogen) atoms. The molecule has 166 valence electrons. The van der Waals surface area contributed by atoms with Crippen molar-refractivity contribution in [3.8, 4) is 6.07 Å². The Balaban J connectivity index is 1.80. The van der Waals surface area contributed by atoms with Crippen LogP contribution < -0.4 is 5.32 Å². The number of alkyl carbamates (subject to hydrolysis) is 1. The van der Waals surface area contributed by atoms with Crippen molar-refractivity contribution in [2.24, 2.45) is 4.99 Å². The molecule has 1 aliphatic rings. The summed E-state index contributed by atoms with van der Waals surface area (Å²) < 4.78 is 19.1. The number of hydrogen-bond acceptors (Lipinski definition) is 5. The molecule has 0 saturated heterocycles. The molecule has 2 aromatic carbocycles. The number of nitriles is 1. The van der Waals surface area contributed by atoms with Gasteiger partial charge in [-0.25, -0.2) is 9.18 Å². The predicted octanol–water partition coefficient (Wildman–Crippen LogP) is 5.99. The van der Waals surface area contributed by atoms with E-state index >= 15 is 0 Å². The second kappa shape index (κ2) is 9.58. The first-order valence-electron chi connectivity index (χ1n) is 10.3. The highest BCUT2D eigenvalue weighted by Gasteiger charge is 2.28. The molecule has 0 bridgehead atoms. The van der Waals surface area contributed by atoms with Gasteiger partial charge in [0.1, 0.15) is 22.5 Å². The molecule has 1 amide bonds. The Labute approximate surface area is 192 Å². The fraction of sp³-hybridized carbons (Fsp3) is 0.320. The second-order valence-corrected chi connectivity index (χ2v) is 9.55. The average Bonchev–Trinajstić information content (AvgIpc) is 3.13. The summed E-state index contributed by atoms with van der Waals surface area (Å²) in [7, 11) is 1.65. The van der Waals surface area contributed by atoms with Crippen molar-refractivity contribution < 1.29 is 13.9 Å². The van der Waals surface area contributed by atoms with E-state index in [2.05, 4.69) is 16.9 Å². The Bertz CT molecular complexity index is 1130. The SMILES string of the molecule is C=C(S/C(=N\C)c1ccc(F)c(C#N)c1)c1cccc2c1CC[C@@H]2NC(=O)OC(C)(C)C. The Morgan fingerprint density at radius 1 is 1.34 bits per heavy atom. The first kappa shape index (κ1) is 23.6. The Morgan fingerprint density at radius 2 is 2.09 bits per heavy atom. The summed E-state index contributed by atoms with van der Waals surface area (Å²) in [4.78, 5) is 17.4. The Kier molecular flexibility index (Phi) is 7.05. The van der Waals surface area contributed by atoms with E-state index in [0.717, 1.165) is 34.4 Å². The average molecular weight is 452 g/mol. The second-order valence-electron chi connectivity index (χ2n) is 8.47. The highest BCUT2D eigenvalue weighted by atomic mass is 32.2. The van der Waals surface area contributed by atoms with E-state index in [1.54, 1.807) is 13.1 Å². The van der Waals surface area contributed by atoms with E-state index in [0.29, 0.717) is 10.6 Å². The maximum atomic E-state index is 13.7. The molecule has 7 heteroatoms. The lowest BCUT2D eigenvalue weighted by atomic mass is 10.0. The number of rotatable bonds is 4. The van der Waals surface area contributed by atoms with Gasteiger partial charge < -0.3 is 10.1 Å². The Morgan fingerprint density at radius 3 is 2.75 bits per heavy atom. The van der Waals surface area contributed by atoms with Crippen LogP contribution in [0.15, 0.2) is 48.0 Å². The van der Waals surface area contributed by atoms with E-state index in [-0.39, 0.29) is 11.6 Å². The first-order valence-corrected chi connectivity index (χ1v) is 11.1. The number of nitrogens with one attached hydrogen (secondary N) is 1. The van der Waals surface area contributed by atoms with Crippen LogP contribution >= 0.6 is 11.8 Å². The van der Waals surface area contributed by atoms with E-state index in [4.69, 9.17) is 10.00 Å². The van der Waals surface area contributed by atoms with Gasteiger partial charge in [0.25, 0.3) is 0 Å². The van der Waals surface area contributed by atoms with Crippen molar-refractivity contribution in [3.63, 3.8) is 0 Å². The van der Waals surface area contributed by atoms with Gasteiger partial charge in [0.15, 0.2) is 0 Å². The quantitative estimate of drug-likeness (QED) is 0.458. The molecule has 0 spiro atoms. The third-order valence-electron chi connectivity index (χ3n) is 5.02. The minimum Gasteiger partial charge on any atom is -0.444 e. The number of thioether (sulfide) groups is 1. The van der Waals surface area contributed by atoms with Crippen LogP contribution in [0.2, 0.25) is 0 Å². The molecule has 3 rings (SSSR count). The number of carbonyl (C=O) groups is 1. The summed E-state index contributed by atoms with van der Waals surface area (Å²) in [6.07, 6.45) is 1.15. The van der Waals surface area contributed by atoms with Crippen LogP contribution in [0.4, 0.5) is 9.18 Å². The largest absolute Gasteiger partial charge is 0.444 e. The van der Waals surface area contributed by atoms with Gasteiger partial charge >= 0.3 is 6.09 Å². The first-order chi connectivity index (χ1) is 15.1. The minimum atomic E-state index is -0.556. The van der Waals surface area contributed by atoms with Gasteiger partial charge in [-0.05, 0) is 68.5 Å². The molecule has 0 aliphatic heterocycles. The van der Waals surface area contributed by atoms with E-state index in [9.17, 15) is 9.18 Å². The van der Waals surface area contributed by atoms with Crippen molar-refractivity contribution in [1.29, 1.82) is 5.26 Å². The summed E-state index contributed by atoms with van der Waals surface area (Å²) >= 11 is 1.38. The molecule has 5 nitrogen and oxygen atoms in total. The Hall–Kier alpha value is -3.11. The van der Waals surface area contributed by atoms with E-state index in [1.165, 1.54) is 23.9 Å². The monoisotopic (exact) mass is 451 g/mol. The van der Waals surface area contributed by atoms with Crippen LogP contribution in [0.5, 0.6) is 0 Å². The zero-order valence-corrected chi connectivity index (χ0v) is 19.5. The maximum absolute atomic E-state index is 13.7. The highest BCUT2D eigenvalue weighted by molar-refractivity contribution is 8.22. The third kappa shape index (κ3) is 5.38. The molecule has 0 fully saturated rings. The molecular formula is C25H26FN3O2S. The topological polar surface area (TPSA) is 74.5 Å². The van der Waals surface area contributed by atoms with Gasteiger partial charge in [0.05, 0.1) is 11.6 Å². The number of benzene rings is 2. The van der Waals surface area contributed by atoms with Crippen molar-refractivity contribution in [1.82, 2.24) is 5.32 Å². The molecule has 0 saturated carbocycles. The van der Waals surface area contributed by atoms with Crippen molar-refractivity contribution in [2.75, 3.05) is 7.05 Å². The van der Waals surface area contributed by atoms with Crippen LogP contribution in [-0.2, 0) is 11.2 Å². The lowest BCUT2D eigenvalue weighted by Crippen LogP contribution is -2.34. The minimum absolute atomic E-state index is 0.0217. The fourth-order valence-corrected chi connectivity index (χ4v) is 4.54. The third-order valence-corrected chi connectivity index (χ3v) is 6.10. The number of carbonyl (C=O) groups excluding carboxylic acids is 1. The summed E-state index contributed by atoms with van der Waals surface area (Å²) in [6.45, 7) is 9.75. The van der Waals surface area contributed by atoms with E-state index in [1.807, 2.05) is 45.0 Å². The molecule has 0 heterocycles. The lowest BCUT2D eigenvalue weighted by Gasteiger charge is -2.22. The summed E-state index contributed by atoms with van der Waals surface area (Å²) in [6, 6.07) is 12.1. The molecule has 0 radical (unpaired) electrons. The van der Waals surface area contributed by atoms with Gasteiger partial charge in [0, 0.05) is 17.5 Å². The lowest BCUT2D eigenvalue weighted by molar-refractivity contribution is 0.0503.